The van der Waals surface area contributed by atoms with Crippen LogP contribution in [0.25, 0.3) is 0 Å². The van der Waals surface area contributed by atoms with Gasteiger partial charge in [-0.15, -0.1) is 0 Å². The van der Waals surface area contributed by atoms with Crippen molar-refractivity contribution < 1.29 is 0 Å². The number of thioether (sulfide) groups is 1. The van der Waals surface area contributed by atoms with E-state index in [-0.39, 0.29) is 0 Å². The lowest BCUT2D eigenvalue weighted by Crippen LogP contribution is -2.28. The SMILES string of the molecule is C1CCC(CNC2=NCC(C3CC3)S2)CC1. The molecule has 0 aromatic carbocycles. The second kappa shape index (κ2) is 4.99. The molecule has 2 aliphatic carbocycles. The van der Waals surface area contributed by atoms with Crippen LogP contribution in [-0.2, 0) is 0 Å². The third-order valence-electron chi connectivity index (χ3n) is 4.09. The van der Waals surface area contributed by atoms with Crippen LogP contribution in [0, 0.1) is 11.8 Å². The molecule has 0 bridgehead atoms. The number of nitrogens with one attached hydrogen (secondary N) is 1. The van der Waals surface area contributed by atoms with E-state index in [2.05, 4.69) is 10.3 Å². The first-order valence-corrected chi connectivity index (χ1v) is 7.75. The topological polar surface area (TPSA) is 24.4 Å². The third-order valence-corrected chi connectivity index (χ3v) is 5.43. The molecular weight excluding hydrogens is 216 g/mol. The zero-order valence-electron chi connectivity index (χ0n) is 9.95. The summed E-state index contributed by atoms with van der Waals surface area (Å²) in [5.41, 5.74) is 0. The van der Waals surface area contributed by atoms with Crippen LogP contribution in [0.1, 0.15) is 44.9 Å². The van der Waals surface area contributed by atoms with Gasteiger partial charge in [-0.3, -0.25) is 4.99 Å². The molecule has 1 heterocycles. The summed E-state index contributed by atoms with van der Waals surface area (Å²) in [6.45, 7) is 2.24. The second-order valence-electron chi connectivity index (χ2n) is 5.52. The van der Waals surface area contributed by atoms with Gasteiger partial charge in [0.15, 0.2) is 5.17 Å². The molecule has 2 nitrogen and oxygen atoms in total. The van der Waals surface area contributed by atoms with Gasteiger partial charge in [0.25, 0.3) is 0 Å². The predicted octanol–water partition coefficient (Wildman–Crippen LogP) is 3.04. The lowest BCUT2D eigenvalue weighted by Gasteiger charge is -2.22. The highest BCUT2D eigenvalue weighted by Crippen LogP contribution is 2.41. The van der Waals surface area contributed by atoms with Crippen molar-refractivity contribution >= 4 is 16.9 Å². The third kappa shape index (κ3) is 2.73. The summed E-state index contributed by atoms with van der Waals surface area (Å²) in [5, 5.41) is 5.63. The summed E-state index contributed by atoms with van der Waals surface area (Å²) in [5.74, 6) is 1.90. The Bertz CT molecular complexity index is 267. The predicted molar refractivity (Wildman–Crippen MR) is 71.0 cm³/mol. The van der Waals surface area contributed by atoms with Crippen LogP contribution in [0.4, 0.5) is 0 Å². The van der Waals surface area contributed by atoms with Crippen LogP contribution >= 0.6 is 11.8 Å². The molecule has 0 radical (unpaired) electrons. The molecule has 2 fully saturated rings. The minimum atomic E-state index is 0.814. The fourth-order valence-corrected chi connectivity index (χ4v) is 4.04. The maximum atomic E-state index is 4.63. The summed E-state index contributed by atoms with van der Waals surface area (Å²) in [4.78, 5) is 4.63. The molecule has 1 unspecified atom stereocenters. The highest BCUT2D eigenvalue weighted by atomic mass is 32.2. The molecule has 16 heavy (non-hydrogen) atoms. The molecule has 90 valence electrons. The van der Waals surface area contributed by atoms with Crippen molar-refractivity contribution in [3.05, 3.63) is 0 Å². The van der Waals surface area contributed by atoms with Gasteiger partial charge in [0.2, 0.25) is 0 Å². The van der Waals surface area contributed by atoms with Gasteiger partial charge in [0, 0.05) is 11.8 Å². The number of hydrogen-bond acceptors (Lipinski definition) is 3. The number of hydrogen-bond donors (Lipinski definition) is 1. The zero-order valence-corrected chi connectivity index (χ0v) is 10.8. The van der Waals surface area contributed by atoms with Gasteiger partial charge in [-0.25, -0.2) is 0 Å². The van der Waals surface area contributed by atoms with Gasteiger partial charge >= 0.3 is 0 Å². The van der Waals surface area contributed by atoms with Crippen molar-refractivity contribution in [2.45, 2.75) is 50.2 Å². The van der Waals surface area contributed by atoms with Gasteiger partial charge in [-0.1, -0.05) is 31.0 Å². The first-order chi connectivity index (χ1) is 7.92. The summed E-state index contributed by atoms with van der Waals surface area (Å²) in [7, 11) is 0. The molecule has 0 amide bonds. The largest absolute Gasteiger partial charge is 0.365 e. The standard InChI is InChI=1S/C13H22N2S/c1-2-4-10(5-3-1)8-14-13-15-9-12(16-13)11-6-7-11/h10-12H,1-9H2,(H,14,15). The molecule has 1 N–H and O–H groups in total. The van der Waals surface area contributed by atoms with Crippen molar-refractivity contribution in [2.24, 2.45) is 16.8 Å². The highest BCUT2D eigenvalue weighted by Gasteiger charge is 2.35. The molecule has 3 rings (SSSR count). The lowest BCUT2D eigenvalue weighted by molar-refractivity contribution is 0.357. The molecule has 2 saturated carbocycles. The summed E-state index contributed by atoms with van der Waals surface area (Å²) >= 11 is 2.01. The monoisotopic (exact) mass is 238 g/mol. The van der Waals surface area contributed by atoms with E-state index in [1.165, 1.54) is 56.7 Å². The quantitative estimate of drug-likeness (QED) is 0.817. The van der Waals surface area contributed by atoms with Crippen molar-refractivity contribution in [3.63, 3.8) is 0 Å². The Kier molecular flexibility index (Phi) is 3.41. The molecule has 1 atom stereocenters. The molecule has 0 aromatic heterocycles. The zero-order chi connectivity index (χ0) is 10.8. The highest BCUT2D eigenvalue weighted by molar-refractivity contribution is 8.14. The Morgan fingerprint density at radius 3 is 2.69 bits per heavy atom. The van der Waals surface area contributed by atoms with E-state index >= 15 is 0 Å². The average Bonchev–Trinajstić information content (AvgIpc) is 3.08. The first kappa shape index (κ1) is 10.9. The molecule has 0 aromatic rings. The van der Waals surface area contributed by atoms with E-state index in [0.717, 1.165) is 23.6 Å². The Labute approximate surface area is 103 Å². The number of amidine groups is 1. The van der Waals surface area contributed by atoms with Crippen LogP contribution in [0.5, 0.6) is 0 Å². The van der Waals surface area contributed by atoms with E-state index in [4.69, 9.17) is 0 Å². The number of rotatable bonds is 3. The van der Waals surface area contributed by atoms with Gasteiger partial charge < -0.3 is 5.32 Å². The maximum Gasteiger partial charge on any atom is 0.156 e. The van der Waals surface area contributed by atoms with Gasteiger partial charge in [0.05, 0.1) is 6.54 Å². The fraction of sp³-hybridized carbons (Fsp3) is 0.923. The second-order valence-corrected chi connectivity index (χ2v) is 6.75. The van der Waals surface area contributed by atoms with Gasteiger partial charge in [0.1, 0.15) is 0 Å². The van der Waals surface area contributed by atoms with Crippen molar-refractivity contribution in [1.29, 1.82) is 0 Å². The van der Waals surface area contributed by atoms with Crippen molar-refractivity contribution in [1.82, 2.24) is 5.32 Å². The van der Waals surface area contributed by atoms with Crippen LogP contribution in [0.15, 0.2) is 4.99 Å². The van der Waals surface area contributed by atoms with E-state index < -0.39 is 0 Å². The summed E-state index contributed by atoms with van der Waals surface area (Å²) in [6.07, 6.45) is 10.1. The van der Waals surface area contributed by atoms with E-state index in [9.17, 15) is 0 Å². The van der Waals surface area contributed by atoms with E-state index in [0.29, 0.717) is 0 Å². The smallest absolute Gasteiger partial charge is 0.156 e. The Hall–Kier alpha value is -0.180. The molecule has 3 heteroatoms. The van der Waals surface area contributed by atoms with Crippen LogP contribution in [0.3, 0.4) is 0 Å². The average molecular weight is 238 g/mol. The molecule has 3 aliphatic rings. The van der Waals surface area contributed by atoms with Crippen LogP contribution < -0.4 is 5.32 Å². The number of nitrogens with zero attached hydrogens (tertiary/aromatic N) is 1. The first-order valence-electron chi connectivity index (χ1n) is 6.87. The minimum Gasteiger partial charge on any atom is -0.365 e. The fourth-order valence-electron chi connectivity index (χ4n) is 2.82. The summed E-state index contributed by atoms with van der Waals surface area (Å²) < 4.78 is 0. The Balaban J connectivity index is 1.38. The van der Waals surface area contributed by atoms with Crippen molar-refractivity contribution in [3.8, 4) is 0 Å². The van der Waals surface area contributed by atoms with Gasteiger partial charge in [-0.2, -0.15) is 0 Å². The van der Waals surface area contributed by atoms with Gasteiger partial charge in [-0.05, 0) is 37.5 Å². The van der Waals surface area contributed by atoms with E-state index in [1.807, 2.05) is 11.8 Å². The minimum absolute atomic E-state index is 0.814. The number of aliphatic imine (C=N–C) groups is 1. The van der Waals surface area contributed by atoms with Crippen LogP contribution in [0.2, 0.25) is 0 Å². The summed E-state index contributed by atoms with van der Waals surface area (Å²) in [6, 6.07) is 0. The maximum absolute atomic E-state index is 4.63. The molecule has 0 saturated heterocycles. The Morgan fingerprint density at radius 2 is 1.94 bits per heavy atom. The molecule has 1 aliphatic heterocycles. The van der Waals surface area contributed by atoms with Crippen LogP contribution in [-0.4, -0.2) is 23.5 Å². The van der Waals surface area contributed by atoms with Crippen molar-refractivity contribution in [2.75, 3.05) is 13.1 Å². The van der Waals surface area contributed by atoms with E-state index in [1.54, 1.807) is 0 Å². The molecule has 0 spiro atoms. The lowest BCUT2D eigenvalue weighted by atomic mass is 9.89. The normalized spacial score (nSPS) is 31.5. The molecular formula is C13H22N2S. The Morgan fingerprint density at radius 1 is 1.12 bits per heavy atom.